The first-order valence-corrected chi connectivity index (χ1v) is 9.27. The summed E-state index contributed by atoms with van der Waals surface area (Å²) in [6.45, 7) is 6.16. The minimum atomic E-state index is -0.0605. The number of fused-ring (bicyclic) bond motifs is 1. The topological polar surface area (TPSA) is 61.9 Å². The van der Waals surface area contributed by atoms with E-state index in [1.54, 1.807) is 19.0 Å². The standard InChI is InChI=1S/C20H29N3O3/c1-13-5-6-14(2)18(7-13)20(25)21-15-8-16-12-26-17(11-23(16)10-15)9-19(24)22(3)4/h5-7,15-17H,8-12H2,1-4H3,(H,21,25)/t15-,16+,17+/m1/s1. The molecule has 142 valence electrons. The lowest BCUT2D eigenvalue weighted by molar-refractivity contribution is -0.134. The number of nitrogens with one attached hydrogen (secondary N) is 1. The maximum Gasteiger partial charge on any atom is 0.251 e. The van der Waals surface area contributed by atoms with Crippen LogP contribution in [0.1, 0.15) is 34.3 Å². The number of rotatable bonds is 4. The van der Waals surface area contributed by atoms with Crippen LogP contribution >= 0.6 is 0 Å². The van der Waals surface area contributed by atoms with E-state index in [0.29, 0.717) is 19.1 Å². The highest BCUT2D eigenvalue weighted by Gasteiger charge is 2.38. The highest BCUT2D eigenvalue weighted by Crippen LogP contribution is 2.25. The molecule has 3 atom stereocenters. The van der Waals surface area contributed by atoms with Gasteiger partial charge in [-0.1, -0.05) is 17.7 Å². The second kappa shape index (κ2) is 7.76. The molecule has 6 nitrogen and oxygen atoms in total. The molecule has 2 heterocycles. The fourth-order valence-corrected chi connectivity index (χ4v) is 3.79. The highest BCUT2D eigenvalue weighted by molar-refractivity contribution is 5.96. The Balaban J connectivity index is 1.56. The molecule has 0 saturated carbocycles. The predicted octanol–water partition coefficient (Wildman–Crippen LogP) is 1.35. The Morgan fingerprint density at radius 2 is 2.04 bits per heavy atom. The zero-order chi connectivity index (χ0) is 18.8. The second-order valence-corrected chi connectivity index (χ2v) is 7.78. The number of amides is 2. The lowest BCUT2D eigenvalue weighted by atomic mass is 10.0. The Bertz CT molecular complexity index is 689. The third-order valence-electron chi connectivity index (χ3n) is 5.36. The zero-order valence-corrected chi connectivity index (χ0v) is 16.1. The molecule has 2 aliphatic heterocycles. The predicted molar refractivity (Wildman–Crippen MR) is 100 cm³/mol. The van der Waals surface area contributed by atoms with Gasteiger partial charge >= 0.3 is 0 Å². The molecule has 1 aromatic rings. The average molecular weight is 359 g/mol. The maximum absolute atomic E-state index is 12.7. The Morgan fingerprint density at radius 3 is 2.77 bits per heavy atom. The monoisotopic (exact) mass is 359 g/mol. The average Bonchev–Trinajstić information content (AvgIpc) is 2.98. The van der Waals surface area contributed by atoms with Crippen molar-refractivity contribution in [3.63, 3.8) is 0 Å². The molecular formula is C20H29N3O3. The number of hydrogen-bond acceptors (Lipinski definition) is 4. The largest absolute Gasteiger partial charge is 0.375 e. The summed E-state index contributed by atoms with van der Waals surface area (Å²) >= 11 is 0. The lowest BCUT2D eigenvalue weighted by Crippen LogP contribution is -2.47. The summed E-state index contributed by atoms with van der Waals surface area (Å²) in [6.07, 6.45) is 1.25. The van der Waals surface area contributed by atoms with Crippen LogP contribution in [-0.2, 0) is 9.53 Å². The minimum absolute atomic E-state index is 0.00343. The van der Waals surface area contributed by atoms with Crippen LogP contribution in [0.5, 0.6) is 0 Å². The third kappa shape index (κ3) is 4.24. The molecule has 2 amide bonds. The number of aryl methyl sites for hydroxylation is 2. The Labute approximate surface area is 155 Å². The molecule has 0 spiro atoms. The van der Waals surface area contributed by atoms with Gasteiger partial charge in [0.25, 0.3) is 5.91 Å². The van der Waals surface area contributed by atoms with Gasteiger partial charge in [-0.3, -0.25) is 14.5 Å². The van der Waals surface area contributed by atoms with Crippen molar-refractivity contribution in [1.29, 1.82) is 0 Å². The molecule has 0 aliphatic carbocycles. The lowest BCUT2D eigenvalue weighted by Gasteiger charge is -2.35. The van der Waals surface area contributed by atoms with E-state index >= 15 is 0 Å². The van der Waals surface area contributed by atoms with Crippen LogP contribution in [0.15, 0.2) is 18.2 Å². The number of hydrogen-bond donors (Lipinski definition) is 1. The number of morpholine rings is 1. The molecular weight excluding hydrogens is 330 g/mol. The number of carbonyl (C=O) groups is 2. The molecule has 26 heavy (non-hydrogen) atoms. The summed E-state index contributed by atoms with van der Waals surface area (Å²) < 4.78 is 5.88. The molecule has 0 radical (unpaired) electrons. The molecule has 2 aliphatic rings. The van der Waals surface area contributed by atoms with Crippen LogP contribution < -0.4 is 5.32 Å². The van der Waals surface area contributed by atoms with E-state index in [-0.39, 0.29) is 24.0 Å². The van der Waals surface area contributed by atoms with Gasteiger partial charge in [-0.2, -0.15) is 0 Å². The van der Waals surface area contributed by atoms with Crippen LogP contribution in [0.2, 0.25) is 0 Å². The van der Waals surface area contributed by atoms with E-state index in [0.717, 1.165) is 36.2 Å². The van der Waals surface area contributed by atoms with Crippen molar-refractivity contribution in [2.24, 2.45) is 0 Å². The fourth-order valence-electron chi connectivity index (χ4n) is 3.79. The van der Waals surface area contributed by atoms with Crippen LogP contribution in [0.4, 0.5) is 0 Å². The van der Waals surface area contributed by atoms with Gasteiger partial charge in [0.2, 0.25) is 5.91 Å². The van der Waals surface area contributed by atoms with Gasteiger partial charge in [0.15, 0.2) is 0 Å². The zero-order valence-electron chi connectivity index (χ0n) is 16.1. The first-order valence-electron chi connectivity index (χ1n) is 9.27. The quantitative estimate of drug-likeness (QED) is 0.882. The van der Waals surface area contributed by atoms with Crippen molar-refractivity contribution in [3.8, 4) is 0 Å². The van der Waals surface area contributed by atoms with Gasteiger partial charge < -0.3 is 15.0 Å². The van der Waals surface area contributed by atoms with Gasteiger partial charge in [0.1, 0.15) is 0 Å². The number of carbonyl (C=O) groups excluding carboxylic acids is 2. The number of nitrogens with zero attached hydrogens (tertiary/aromatic N) is 2. The molecule has 0 aromatic heterocycles. The van der Waals surface area contributed by atoms with Gasteiger partial charge in [-0.25, -0.2) is 0 Å². The Kier molecular flexibility index (Phi) is 5.63. The van der Waals surface area contributed by atoms with Gasteiger partial charge in [0.05, 0.1) is 19.1 Å². The summed E-state index contributed by atoms with van der Waals surface area (Å²) in [6, 6.07) is 6.40. The van der Waals surface area contributed by atoms with Crippen molar-refractivity contribution in [3.05, 3.63) is 34.9 Å². The van der Waals surface area contributed by atoms with Crippen LogP contribution in [-0.4, -0.2) is 73.6 Å². The Morgan fingerprint density at radius 1 is 1.27 bits per heavy atom. The van der Waals surface area contributed by atoms with Crippen LogP contribution in [0.3, 0.4) is 0 Å². The van der Waals surface area contributed by atoms with Gasteiger partial charge in [-0.05, 0) is 31.9 Å². The van der Waals surface area contributed by atoms with Crippen LogP contribution in [0, 0.1) is 13.8 Å². The van der Waals surface area contributed by atoms with Crippen LogP contribution in [0.25, 0.3) is 0 Å². The Hall–Kier alpha value is -1.92. The number of benzene rings is 1. The van der Waals surface area contributed by atoms with Crippen molar-refractivity contribution in [2.75, 3.05) is 33.8 Å². The first kappa shape index (κ1) is 18.9. The summed E-state index contributed by atoms with van der Waals surface area (Å²) in [5.41, 5.74) is 2.83. The summed E-state index contributed by atoms with van der Waals surface area (Å²) in [5, 5.41) is 3.18. The second-order valence-electron chi connectivity index (χ2n) is 7.78. The molecule has 0 bridgehead atoms. The molecule has 6 heteroatoms. The molecule has 0 unspecified atom stereocenters. The third-order valence-corrected chi connectivity index (χ3v) is 5.36. The molecule has 3 rings (SSSR count). The normalized spacial score (nSPS) is 25.6. The van der Waals surface area contributed by atoms with Crippen molar-refractivity contribution in [1.82, 2.24) is 15.1 Å². The summed E-state index contributed by atoms with van der Waals surface area (Å²) in [4.78, 5) is 28.5. The van der Waals surface area contributed by atoms with E-state index in [1.165, 1.54) is 0 Å². The summed E-state index contributed by atoms with van der Waals surface area (Å²) in [5.74, 6) is 0.0868. The molecule has 1 aromatic carbocycles. The molecule has 1 N–H and O–H groups in total. The minimum Gasteiger partial charge on any atom is -0.375 e. The smallest absolute Gasteiger partial charge is 0.251 e. The van der Waals surface area contributed by atoms with Gasteiger partial charge in [0, 0.05) is 44.8 Å². The van der Waals surface area contributed by atoms with Crippen molar-refractivity contribution >= 4 is 11.8 Å². The van der Waals surface area contributed by atoms with E-state index in [2.05, 4.69) is 10.2 Å². The SMILES string of the molecule is Cc1ccc(C)c(C(=O)N[C@@H]2C[C@H]3CO[C@@H](CC(=O)N(C)C)CN3C2)c1. The maximum atomic E-state index is 12.7. The van der Waals surface area contributed by atoms with E-state index in [9.17, 15) is 9.59 Å². The highest BCUT2D eigenvalue weighted by atomic mass is 16.5. The fraction of sp³-hybridized carbons (Fsp3) is 0.600. The number of ether oxygens (including phenoxy) is 1. The van der Waals surface area contributed by atoms with Gasteiger partial charge in [-0.15, -0.1) is 0 Å². The molecule has 2 fully saturated rings. The molecule has 2 saturated heterocycles. The van der Waals surface area contributed by atoms with Crippen molar-refractivity contribution < 1.29 is 14.3 Å². The summed E-state index contributed by atoms with van der Waals surface area (Å²) in [7, 11) is 3.53. The first-order chi connectivity index (χ1) is 12.3. The van der Waals surface area contributed by atoms with E-state index < -0.39 is 0 Å². The van der Waals surface area contributed by atoms with E-state index in [1.807, 2.05) is 32.0 Å². The van der Waals surface area contributed by atoms with Crippen molar-refractivity contribution in [2.45, 2.75) is 44.9 Å². The van der Waals surface area contributed by atoms with E-state index in [4.69, 9.17) is 4.74 Å².